The Hall–Kier alpha value is -1.31. The molecule has 2 rings (SSSR count). The topological polar surface area (TPSA) is 76.0 Å². The van der Waals surface area contributed by atoms with Gasteiger partial charge in [0.1, 0.15) is 11.2 Å². The number of aliphatic hydroxyl groups is 1. The second kappa shape index (κ2) is 5.15. The number of hydrogen-bond acceptors (Lipinski definition) is 5. The number of rotatable bonds is 5. The molecule has 0 aromatic carbocycles. The van der Waals surface area contributed by atoms with Crippen LogP contribution in [0.2, 0.25) is 0 Å². The van der Waals surface area contributed by atoms with Gasteiger partial charge in [0.25, 0.3) is 0 Å². The summed E-state index contributed by atoms with van der Waals surface area (Å²) in [5, 5.41) is 8.56. The molecule has 2 aromatic heterocycles. The predicted molar refractivity (Wildman–Crippen MR) is 60.6 cm³/mol. The van der Waals surface area contributed by atoms with E-state index in [-0.39, 0.29) is 6.61 Å². The van der Waals surface area contributed by atoms with Crippen molar-refractivity contribution in [3.05, 3.63) is 17.3 Å². The number of nitrogens with one attached hydrogen (secondary N) is 1. The number of ether oxygens (including phenoxy) is 1. The molecule has 16 heavy (non-hydrogen) atoms. The Kier molecular flexibility index (Phi) is 3.60. The summed E-state index contributed by atoms with van der Waals surface area (Å²) in [6, 6.07) is 0. The fraction of sp³-hybridized carbons (Fsp3) is 0.444. The van der Waals surface area contributed by atoms with Crippen LogP contribution in [0.1, 0.15) is 0 Å². The van der Waals surface area contributed by atoms with Crippen LogP contribution in [0.25, 0.3) is 11.2 Å². The molecule has 0 amide bonds. The molecule has 0 saturated heterocycles. The summed E-state index contributed by atoms with van der Waals surface area (Å²) < 4.78 is 7.58. The van der Waals surface area contributed by atoms with Gasteiger partial charge < -0.3 is 19.4 Å². The number of nitrogens with zero attached hydrogens (tertiary/aromatic N) is 3. The van der Waals surface area contributed by atoms with Crippen LogP contribution in [0.5, 0.6) is 0 Å². The van der Waals surface area contributed by atoms with Gasteiger partial charge in [0.05, 0.1) is 32.5 Å². The maximum Gasteiger partial charge on any atom is 0.157 e. The second-order valence-corrected chi connectivity index (χ2v) is 3.57. The van der Waals surface area contributed by atoms with Gasteiger partial charge in [0.15, 0.2) is 4.64 Å². The van der Waals surface area contributed by atoms with Crippen molar-refractivity contribution >= 4 is 23.4 Å². The molecule has 0 fully saturated rings. The molecular formula is C9H12N4O2S. The molecule has 6 nitrogen and oxygen atoms in total. The molecular weight excluding hydrogens is 228 g/mol. The summed E-state index contributed by atoms with van der Waals surface area (Å²) in [5.41, 5.74) is 1.53. The molecule has 0 aliphatic carbocycles. The van der Waals surface area contributed by atoms with E-state index in [4.69, 9.17) is 22.1 Å². The summed E-state index contributed by atoms with van der Waals surface area (Å²) in [6.07, 6.45) is 3.25. The van der Waals surface area contributed by atoms with Crippen molar-refractivity contribution < 1.29 is 9.84 Å². The molecule has 0 aliphatic heterocycles. The molecule has 86 valence electrons. The zero-order chi connectivity index (χ0) is 11.4. The highest BCUT2D eigenvalue weighted by Gasteiger charge is 2.03. The highest BCUT2D eigenvalue weighted by atomic mass is 32.1. The Balaban J connectivity index is 2.13. The number of H-pyrrole nitrogens is 1. The molecule has 2 N–H and O–H groups in total. The standard InChI is InChI=1S/C9H12N4O2S/c14-2-4-15-3-1-13-6-12-7-8(13)10-5-11-9(7)16/h5-6,14H,1-4H2,(H,10,11,16). The molecule has 2 heterocycles. The first-order chi connectivity index (χ1) is 7.83. The van der Waals surface area contributed by atoms with Crippen molar-refractivity contribution in [1.82, 2.24) is 19.5 Å². The largest absolute Gasteiger partial charge is 0.394 e. The molecule has 0 saturated carbocycles. The summed E-state index contributed by atoms with van der Waals surface area (Å²) in [6.45, 7) is 1.57. The molecule has 0 spiro atoms. The minimum atomic E-state index is 0.0387. The molecule has 7 heteroatoms. The van der Waals surface area contributed by atoms with Crippen LogP contribution in [-0.2, 0) is 11.3 Å². The van der Waals surface area contributed by atoms with E-state index >= 15 is 0 Å². The van der Waals surface area contributed by atoms with Crippen LogP contribution in [0.4, 0.5) is 0 Å². The van der Waals surface area contributed by atoms with Crippen LogP contribution < -0.4 is 0 Å². The van der Waals surface area contributed by atoms with Crippen molar-refractivity contribution in [2.24, 2.45) is 0 Å². The Morgan fingerprint density at radius 2 is 2.31 bits per heavy atom. The van der Waals surface area contributed by atoms with E-state index in [0.29, 0.717) is 29.9 Å². The van der Waals surface area contributed by atoms with E-state index in [1.165, 1.54) is 0 Å². The van der Waals surface area contributed by atoms with Crippen LogP contribution in [0.3, 0.4) is 0 Å². The summed E-state index contributed by atoms with van der Waals surface area (Å²) in [5.74, 6) is 0. The second-order valence-electron chi connectivity index (χ2n) is 3.18. The average molecular weight is 240 g/mol. The Morgan fingerprint density at radius 1 is 1.44 bits per heavy atom. The summed E-state index contributed by atoms with van der Waals surface area (Å²) in [7, 11) is 0. The Morgan fingerprint density at radius 3 is 3.12 bits per heavy atom. The fourth-order valence-electron chi connectivity index (χ4n) is 1.40. The highest BCUT2D eigenvalue weighted by molar-refractivity contribution is 7.71. The minimum absolute atomic E-state index is 0.0387. The van der Waals surface area contributed by atoms with Gasteiger partial charge in [-0.15, -0.1) is 0 Å². The molecule has 0 radical (unpaired) electrons. The maximum atomic E-state index is 8.56. The van der Waals surface area contributed by atoms with Gasteiger partial charge in [-0.25, -0.2) is 9.97 Å². The summed E-state index contributed by atoms with van der Waals surface area (Å²) in [4.78, 5) is 11.1. The van der Waals surface area contributed by atoms with Crippen LogP contribution >= 0.6 is 12.2 Å². The third kappa shape index (κ3) is 2.26. The average Bonchev–Trinajstić information content (AvgIpc) is 2.70. The van der Waals surface area contributed by atoms with Crippen molar-refractivity contribution in [1.29, 1.82) is 0 Å². The van der Waals surface area contributed by atoms with Crippen molar-refractivity contribution in [2.75, 3.05) is 19.8 Å². The van der Waals surface area contributed by atoms with Crippen LogP contribution in [0.15, 0.2) is 12.7 Å². The first kappa shape index (κ1) is 11.2. The normalized spacial score (nSPS) is 11.1. The van der Waals surface area contributed by atoms with Gasteiger partial charge in [0.2, 0.25) is 0 Å². The molecule has 0 atom stereocenters. The van der Waals surface area contributed by atoms with Crippen molar-refractivity contribution in [3.8, 4) is 0 Å². The van der Waals surface area contributed by atoms with Gasteiger partial charge >= 0.3 is 0 Å². The lowest BCUT2D eigenvalue weighted by atomic mass is 10.5. The van der Waals surface area contributed by atoms with E-state index in [1.807, 2.05) is 4.57 Å². The van der Waals surface area contributed by atoms with Gasteiger partial charge in [-0.2, -0.15) is 0 Å². The first-order valence-corrected chi connectivity index (χ1v) is 5.31. The number of aromatic amines is 1. The lowest BCUT2D eigenvalue weighted by Crippen LogP contribution is -2.08. The number of aliphatic hydroxyl groups excluding tert-OH is 1. The molecule has 0 bridgehead atoms. The zero-order valence-electron chi connectivity index (χ0n) is 8.59. The number of fused-ring (bicyclic) bond motifs is 1. The monoisotopic (exact) mass is 240 g/mol. The van der Waals surface area contributed by atoms with Crippen LogP contribution in [0, 0.1) is 4.64 Å². The smallest absolute Gasteiger partial charge is 0.157 e. The Bertz CT molecular complexity index is 521. The summed E-state index contributed by atoms with van der Waals surface area (Å²) >= 11 is 5.05. The number of imidazole rings is 1. The van der Waals surface area contributed by atoms with Crippen molar-refractivity contribution in [3.63, 3.8) is 0 Å². The minimum Gasteiger partial charge on any atom is -0.394 e. The maximum absolute atomic E-state index is 8.56. The van der Waals surface area contributed by atoms with Crippen LogP contribution in [-0.4, -0.2) is 44.4 Å². The molecule has 2 aromatic rings. The van der Waals surface area contributed by atoms with E-state index in [9.17, 15) is 0 Å². The third-order valence-electron chi connectivity index (χ3n) is 2.14. The molecule has 0 unspecified atom stereocenters. The number of hydrogen-bond donors (Lipinski definition) is 2. The van der Waals surface area contributed by atoms with Gasteiger partial charge in [-0.1, -0.05) is 12.2 Å². The lowest BCUT2D eigenvalue weighted by molar-refractivity contribution is 0.0874. The highest BCUT2D eigenvalue weighted by Crippen LogP contribution is 2.08. The molecule has 0 aliphatic rings. The van der Waals surface area contributed by atoms with E-state index in [2.05, 4.69) is 15.0 Å². The predicted octanol–water partition coefficient (Wildman–Crippen LogP) is 0.498. The van der Waals surface area contributed by atoms with E-state index in [1.54, 1.807) is 12.7 Å². The quantitative estimate of drug-likeness (QED) is 0.588. The first-order valence-electron chi connectivity index (χ1n) is 4.90. The van der Waals surface area contributed by atoms with Gasteiger partial charge in [-0.3, -0.25) is 0 Å². The Labute approximate surface area is 96.9 Å². The number of aromatic nitrogens is 4. The van der Waals surface area contributed by atoms with Gasteiger partial charge in [0, 0.05) is 6.54 Å². The zero-order valence-corrected chi connectivity index (χ0v) is 9.40. The van der Waals surface area contributed by atoms with Gasteiger partial charge in [-0.05, 0) is 0 Å². The third-order valence-corrected chi connectivity index (χ3v) is 2.43. The van der Waals surface area contributed by atoms with E-state index < -0.39 is 0 Å². The van der Waals surface area contributed by atoms with Crippen molar-refractivity contribution in [2.45, 2.75) is 6.54 Å². The fourth-order valence-corrected chi connectivity index (χ4v) is 1.60. The van der Waals surface area contributed by atoms with E-state index in [0.717, 1.165) is 5.65 Å². The lowest BCUT2D eigenvalue weighted by Gasteiger charge is -2.04. The SMILES string of the molecule is OCCOCCn1cnc2c(=S)nc[nH]c21.